The van der Waals surface area contributed by atoms with Crippen LogP contribution in [0.3, 0.4) is 0 Å². The van der Waals surface area contributed by atoms with Gasteiger partial charge in [0.15, 0.2) is 0 Å². The molecule has 1 aliphatic heterocycles. The van der Waals surface area contributed by atoms with Crippen molar-refractivity contribution in [2.24, 2.45) is 0 Å². The molecule has 0 spiro atoms. The van der Waals surface area contributed by atoms with E-state index in [1.807, 2.05) is 11.8 Å². The van der Waals surface area contributed by atoms with Crippen molar-refractivity contribution in [1.82, 2.24) is 9.97 Å². The Balaban J connectivity index is 2.01. The molecular weight excluding hydrogens is 252 g/mol. The SMILES string of the molecule is Cc1cc2c(NC3CCSC3)nc(N)nc2s1. The summed E-state index contributed by atoms with van der Waals surface area (Å²) in [6.07, 6.45) is 1.19. The number of nitrogens with one attached hydrogen (secondary N) is 1. The molecule has 2 aromatic rings. The fourth-order valence-electron chi connectivity index (χ4n) is 2.01. The van der Waals surface area contributed by atoms with E-state index in [0.717, 1.165) is 21.8 Å². The average molecular weight is 266 g/mol. The normalized spacial score (nSPS) is 19.9. The first-order chi connectivity index (χ1) is 8.22. The number of nitrogens with two attached hydrogens (primary N) is 1. The molecule has 3 N–H and O–H groups in total. The molecule has 2 aromatic heterocycles. The summed E-state index contributed by atoms with van der Waals surface area (Å²) in [5.74, 6) is 3.62. The molecule has 0 aliphatic carbocycles. The van der Waals surface area contributed by atoms with Crippen LogP contribution in [0.25, 0.3) is 10.2 Å². The highest BCUT2D eigenvalue weighted by atomic mass is 32.2. The van der Waals surface area contributed by atoms with Crippen LogP contribution in [0.15, 0.2) is 6.07 Å². The molecule has 3 rings (SSSR count). The number of hydrogen-bond donors (Lipinski definition) is 2. The summed E-state index contributed by atoms with van der Waals surface area (Å²) in [5.41, 5.74) is 5.75. The highest BCUT2D eigenvalue weighted by Gasteiger charge is 2.18. The fraction of sp³-hybridized carbons (Fsp3) is 0.455. The predicted octanol–water partition coefficient (Wildman–Crippen LogP) is 2.50. The lowest BCUT2D eigenvalue weighted by molar-refractivity contribution is 0.808. The van der Waals surface area contributed by atoms with Gasteiger partial charge in [0, 0.05) is 16.7 Å². The van der Waals surface area contributed by atoms with Crippen LogP contribution in [-0.4, -0.2) is 27.5 Å². The quantitative estimate of drug-likeness (QED) is 0.874. The fourth-order valence-corrected chi connectivity index (χ4v) is 4.05. The maximum absolute atomic E-state index is 5.75. The zero-order valence-electron chi connectivity index (χ0n) is 9.56. The monoisotopic (exact) mass is 266 g/mol. The van der Waals surface area contributed by atoms with E-state index < -0.39 is 0 Å². The van der Waals surface area contributed by atoms with Crippen molar-refractivity contribution in [3.8, 4) is 0 Å². The highest BCUT2D eigenvalue weighted by Crippen LogP contribution is 2.30. The van der Waals surface area contributed by atoms with Crippen LogP contribution < -0.4 is 11.1 Å². The minimum Gasteiger partial charge on any atom is -0.368 e. The van der Waals surface area contributed by atoms with Gasteiger partial charge >= 0.3 is 0 Å². The van der Waals surface area contributed by atoms with Crippen molar-refractivity contribution in [3.63, 3.8) is 0 Å². The van der Waals surface area contributed by atoms with Crippen molar-refractivity contribution < 1.29 is 0 Å². The first-order valence-electron chi connectivity index (χ1n) is 5.60. The van der Waals surface area contributed by atoms with Gasteiger partial charge in [-0.15, -0.1) is 11.3 Å². The Hall–Kier alpha value is -1.01. The lowest BCUT2D eigenvalue weighted by atomic mass is 10.2. The molecule has 3 heterocycles. The molecular formula is C11H14N4S2. The van der Waals surface area contributed by atoms with Crippen molar-refractivity contribution >= 4 is 45.1 Å². The van der Waals surface area contributed by atoms with Gasteiger partial charge in [-0.25, -0.2) is 4.98 Å². The molecule has 6 heteroatoms. The van der Waals surface area contributed by atoms with Gasteiger partial charge in [0.2, 0.25) is 5.95 Å². The first kappa shape index (κ1) is 11.1. The second-order valence-electron chi connectivity index (χ2n) is 4.21. The minimum absolute atomic E-state index is 0.354. The molecule has 0 saturated carbocycles. The summed E-state index contributed by atoms with van der Waals surface area (Å²) in [7, 11) is 0. The Morgan fingerprint density at radius 1 is 1.47 bits per heavy atom. The van der Waals surface area contributed by atoms with E-state index in [2.05, 4.69) is 28.3 Å². The number of anilines is 2. The van der Waals surface area contributed by atoms with Crippen LogP contribution in [0.2, 0.25) is 0 Å². The minimum atomic E-state index is 0.354. The number of rotatable bonds is 2. The second-order valence-corrected chi connectivity index (χ2v) is 6.60. The zero-order valence-corrected chi connectivity index (χ0v) is 11.2. The molecule has 1 atom stereocenters. The Bertz CT molecular complexity index is 546. The van der Waals surface area contributed by atoms with Crippen LogP contribution >= 0.6 is 23.1 Å². The van der Waals surface area contributed by atoms with Crippen LogP contribution in [0.5, 0.6) is 0 Å². The molecule has 0 aromatic carbocycles. The number of thiophene rings is 1. The highest BCUT2D eigenvalue weighted by molar-refractivity contribution is 7.99. The first-order valence-corrected chi connectivity index (χ1v) is 7.57. The van der Waals surface area contributed by atoms with Crippen LogP contribution in [0.1, 0.15) is 11.3 Å². The third-order valence-corrected chi connectivity index (χ3v) is 4.91. The van der Waals surface area contributed by atoms with Crippen molar-refractivity contribution in [2.75, 3.05) is 22.6 Å². The number of aromatic nitrogens is 2. The molecule has 1 fully saturated rings. The van der Waals surface area contributed by atoms with Gasteiger partial charge in [-0.05, 0) is 25.2 Å². The molecule has 0 bridgehead atoms. The topological polar surface area (TPSA) is 63.8 Å². The Kier molecular flexibility index (Phi) is 2.84. The van der Waals surface area contributed by atoms with E-state index in [0.29, 0.717) is 12.0 Å². The maximum Gasteiger partial charge on any atom is 0.223 e. The number of hydrogen-bond acceptors (Lipinski definition) is 6. The standard InChI is InChI=1S/C11H14N4S2/c1-6-4-8-9(13-7-2-3-16-5-7)14-11(12)15-10(8)17-6/h4,7H,2-3,5H2,1H3,(H3,12,13,14,15). The molecule has 4 nitrogen and oxygen atoms in total. The summed E-state index contributed by atoms with van der Waals surface area (Å²) < 4.78 is 0. The van der Waals surface area contributed by atoms with Crippen LogP contribution in [0.4, 0.5) is 11.8 Å². The van der Waals surface area contributed by atoms with E-state index in [1.165, 1.54) is 17.1 Å². The third kappa shape index (κ3) is 2.19. The van der Waals surface area contributed by atoms with Crippen LogP contribution in [-0.2, 0) is 0 Å². The molecule has 90 valence electrons. The van der Waals surface area contributed by atoms with Gasteiger partial charge in [-0.3, -0.25) is 0 Å². The van der Waals surface area contributed by atoms with Crippen molar-refractivity contribution in [3.05, 3.63) is 10.9 Å². The van der Waals surface area contributed by atoms with Gasteiger partial charge in [0.05, 0.1) is 5.39 Å². The smallest absolute Gasteiger partial charge is 0.223 e. The number of nitrogens with zero attached hydrogens (tertiary/aromatic N) is 2. The van der Waals surface area contributed by atoms with Crippen LogP contribution in [0, 0.1) is 6.92 Å². The number of nitrogen functional groups attached to an aromatic ring is 1. The lowest BCUT2D eigenvalue weighted by Gasteiger charge is -2.12. The summed E-state index contributed by atoms with van der Waals surface area (Å²) in [6, 6.07) is 2.64. The Morgan fingerprint density at radius 3 is 3.12 bits per heavy atom. The lowest BCUT2D eigenvalue weighted by Crippen LogP contribution is -2.19. The maximum atomic E-state index is 5.75. The molecule has 1 unspecified atom stereocenters. The Morgan fingerprint density at radius 2 is 2.35 bits per heavy atom. The van der Waals surface area contributed by atoms with E-state index in [4.69, 9.17) is 5.73 Å². The van der Waals surface area contributed by atoms with E-state index in [1.54, 1.807) is 11.3 Å². The number of thioether (sulfide) groups is 1. The molecule has 17 heavy (non-hydrogen) atoms. The summed E-state index contributed by atoms with van der Waals surface area (Å²) >= 11 is 3.64. The van der Waals surface area contributed by atoms with Crippen molar-refractivity contribution in [1.29, 1.82) is 0 Å². The molecule has 0 amide bonds. The predicted molar refractivity (Wildman–Crippen MR) is 75.9 cm³/mol. The van der Waals surface area contributed by atoms with Gasteiger partial charge in [0.1, 0.15) is 10.6 Å². The van der Waals surface area contributed by atoms with E-state index in [9.17, 15) is 0 Å². The van der Waals surface area contributed by atoms with Gasteiger partial charge in [-0.2, -0.15) is 16.7 Å². The van der Waals surface area contributed by atoms with Crippen molar-refractivity contribution in [2.45, 2.75) is 19.4 Å². The average Bonchev–Trinajstić information content (AvgIpc) is 2.86. The summed E-state index contributed by atoms with van der Waals surface area (Å²) in [5, 5.41) is 4.59. The zero-order chi connectivity index (χ0) is 11.8. The summed E-state index contributed by atoms with van der Waals surface area (Å²) in [4.78, 5) is 10.8. The molecule has 0 radical (unpaired) electrons. The van der Waals surface area contributed by atoms with Gasteiger partial charge in [-0.1, -0.05) is 0 Å². The molecule has 1 saturated heterocycles. The van der Waals surface area contributed by atoms with E-state index >= 15 is 0 Å². The Labute approximate surface area is 108 Å². The van der Waals surface area contributed by atoms with Gasteiger partial charge in [0.25, 0.3) is 0 Å². The number of aryl methyl sites for hydroxylation is 1. The largest absolute Gasteiger partial charge is 0.368 e. The van der Waals surface area contributed by atoms with E-state index in [-0.39, 0.29) is 0 Å². The second kappa shape index (κ2) is 4.34. The number of fused-ring (bicyclic) bond motifs is 1. The third-order valence-electron chi connectivity index (χ3n) is 2.80. The molecule has 1 aliphatic rings. The summed E-state index contributed by atoms with van der Waals surface area (Å²) in [6.45, 7) is 2.08. The van der Waals surface area contributed by atoms with Gasteiger partial charge < -0.3 is 11.1 Å².